The molecule has 0 unspecified atom stereocenters. The van der Waals surface area contributed by atoms with Gasteiger partial charge in [-0.05, 0) is 68.6 Å². The van der Waals surface area contributed by atoms with E-state index in [-0.39, 0.29) is 17.1 Å². The number of amides is 2. The average molecular weight is 544 g/mol. The van der Waals surface area contributed by atoms with Crippen molar-refractivity contribution in [1.29, 1.82) is 0 Å². The van der Waals surface area contributed by atoms with Crippen molar-refractivity contribution in [3.05, 3.63) is 101 Å². The van der Waals surface area contributed by atoms with Crippen LogP contribution in [-0.2, 0) is 10.2 Å². The highest BCUT2D eigenvalue weighted by Crippen LogP contribution is 2.32. The van der Waals surface area contributed by atoms with Gasteiger partial charge in [-0.1, -0.05) is 12.1 Å². The number of hydrogen-bond donors (Lipinski definition) is 4. The highest BCUT2D eigenvalue weighted by molar-refractivity contribution is 6.18. The predicted octanol–water partition coefficient (Wildman–Crippen LogP) is 5.25. The molecule has 4 rings (SSSR count). The van der Waals surface area contributed by atoms with Crippen molar-refractivity contribution in [1.82, 2.24) is 9.97 Å². The second-order valence-corrected chi connectivity index (χ2v) is 9.30. The fraction of sp³-hybridized carbons (Fsp3) is 0.138. The van der Waals surface area contributed by atoms with E-state index < -0.39 is 34.6 Å². The van der Waals surface area contributed by atoms with E-state index in [9.17, 15) is 14.0 Å². The summed E-state index contributed by atoms with van der Waals surface area (Å²) in [5.41, 5.74) is 5.90. The summed E-state index contributed by atoms with van der Waals surface area (Å²) < 4.78 is 30.5. The third kappa shape index (κ3) is 5.35. The van der Waals surface area contributed by atoms with Gasteiger partial charge >= 0.3 is 0 Å². The summed E-state index contributed by atoms with van der Waals surface area (Å²) in [5, 5.41) is 5.19. The molecule has 0 saturated carbocycles. The van der Waals surface area contributed by atoms with E-state index in [0.717, 1.165) is 12.1 Å². The molecule has 0 atom stereocenters. The van der Waals surface area contributed by atoms with Crippen LogP contribution in [0.3, 0.4) is 0 Å². The molecule has 0 aliphatic carbocycles. The van der Waals surface area contributed by atoms with Gasteiger partial charge in [0.25, 0.3) is 5.91 Å². The highest BCUT2D eigenvalue weighted by Gasteiger charge is 2.28. The molecule has 40 heavy (non-hydrogen) atoms. The lowest BCUT2D eigenvalue weighted by Gasteiger charge is -2.21. The highest BCUT2D eigenvalue weighted by atomic mass is 19.1. The Bertz CT molecular complexity index is 1640. The molecule has 0 aliphatic rings. The van der Waals surface area contributed by atoms with Crippen LogP contribution < -0.4 is 16.4 Å². The monoisotopic (exact) mass is 543 g/mol. The quantitative estimate of drug-likeness (QED) is 0.214. The molecular formula is C29H27F2N7O2. The molecule has 2 aromatic carbocycles. The normalized spacial score (nSPS) is 11.7. The minimum atomic E-state index is -1.04. The number of aromatic amines is 1. The number of primary amides is 1. The van der Waals surface area contributed by atoms with E-state index in [1.54, 1.807) is 57.4 Å². The predicted molar refractivity (Wildman–Crippen MR) is 152 cm³/mol. The van der Waals surface area contributed by atoms with Crippen LogP contribution >= 0.6 is 0 Å². The number of nitrogens with zero attached hydrogens (tertiary/aromatic N) is 3. The first kappa shape index (κ1) is 27.8. The molecule has 0 aliphatic heterocycles. The van der Waals surface area contributed by atoms with Gasteiger partial charge in [0.2, 0.25) is 5.91 Å². The zero-order valence-corrected chi connectivity index (χ0v) is 22.0. The van der Waals surface area contributed by atoms with E-state index >= 15 is 4.39 Å². The fourth-order valence-electron chi connectivity index (χ4n) is 4.03. The fourth-order valence-corrected chi connectivity index (χ4v) is 4.03. The van der Waals surface area contributed by atoms with Gasteiger partial charge in [0.15, 0.2) is 5.82 Å². The SMILES string of the molecule is C=Nc1[nH]ccc1/C(=N\C)c1cccnc1Nc1c(F)ccc(NC(=O)c2cccc(C(C)(C)C(N)=O)c2)c1F. The van der Waals surface area contributed by atoms with Gasteiger partial charge in [-0.25, -0.2) is 18.8 Å². The molecule has 2 heterocycles. The number of aliphatic imine (C=N–C) groups is 2. The molecule has 5 N–H and O–H groups in total. The second-order valence-electron chi connectivity index (χ2n) is 9.30. The molecule has 0 fully saturated rings. The van der Waals surface area contributed by atoms with Crippen LogP contribution in [0.2, 0.25) is 0 Å². The minimum absolute atomic E-state index is 0.127. The maximum atomic E-state index is 15.6. The first-order valence-electron chi connectivity index (χ1n) is 12.1. The topological polar surface area (TPSA) is 138 Å². The Balaban J connectivity index is 1.66. The van der Waals surface area contributed by atoms with Crippen molar-refractivity contribution in [2.24, 2.45) is 15.7 Å². The standard InChI is InChI=1S/C29H27F2N7O2/c1-29(2,28(32)40)17-8-5-7-16(15-17)27(39)37-21-11-10-20(30)24(22(21)31)38-26-18(9-6-13-35-26)23(33-3)19-12-14-36-25(19)34-4/h5-15,36H,4H2,1-3H3,(H2,32,40)(H,35,38)(H,37,39)/b33-23-. The first-order valence-corrected chi connectivity index (χ1v) is 12.1. The van der Waals surface area contributed by atoms with Crippen LogP contribution in [-0.4, -0.2) is 41.3 Å². The number of carbonyl (C=O) groups excluding carboxylic acids is 2. The number of H-pyrrole nitrogens is 1. The van der Waals surface area contributed by atoms with Crippen LogP contribution in [0.25, 0.3) is 0 Å². The number of aromatic nitrogens is 2. The van der Waals surface area contributed by atoms with Crippen molar-refractivity contribution in [2.45, 2.75) is 19.3 Å². The first-order chi connectivity index (χ1) is 19.1. The van der Waals surface area contributed by atoms with Gasteiger partial charge in [0.05, 0.1) is 16.8 Å². The summed E-state index contributed by atoms with van der Waals surface area (Å²) in [7, 11) is 1.57. The number of carbonyl (C=O) groups is 2. The van der Waals surface area contributed by atoms with Gasteiger partial charge in [-0.3, -0.25) is 14.6 Å². The maximum Gasteiger partial charge on any atom is 0.255 e. The molecule has 204 valence electrons. The van der Waals surface area contributed by atoms with Crippen LogP contribution in [0, 0.1) is 11.6 Å². The Morgan fingerprint density at radius 1 is 1.07 bits per heavy atom. The van der Waals surface area contributed by atoms with Crippen molar-refractivity contribution in [2.75, 3.05) is 17.7 Å². The number of pyridine rings is 1. The van der Waals surface area contributed by atoms with E-state index in [2.05, 4.69) is 37.3 Å². The summed E-state index contributed by atoms with van der Waals surface area (Å²) in [6.07, 6.45) is 3.13. The van der Waals surface area contributed by atoms with Gasteiger partial charge in [0, 0.05) is 36.1 Å². The molecule has 2 aromatic heterocycles. The van der Waals surface area contributed by atoms with E-state index in [1.165, 1.54) is 18.3 Å². The second kappa shape index (κ2) is 11.3. The number of nitrogens with one attached hydrogen (secondary N) is 3. The molecule has 9 nitrogen and oxygen atoms in total. The van der Waals surface area contributed by atoms with Crippen LogP contribution in [0.5, 0.6) is 0 Å². The molecule has 0 radical (unpaired) electrons. The molecule has 0 bridgehead atoms. The number of rotatable bonds is 9. The van der Waals surface area contributed by atoms with Crippen molar-refractivity contribution >= 4 is 47.3 Å². The molecule has 11 heteroatoms. The van der Waals surface area contributed by atoms with Crippen molar-refractivity contribution < 1.29 is 18.4 Å². The van der Waals surface area contributed by atoms with E-state index in [0.29, 0.717) is 28.2 Å². The molecule has 0 saturated heterocycles. The Labute approximate surface area is 229 Å². The zero-order valence-electron chi connectivity index (χ0n) is 22.0. The number of benzene rings is 2. The Hall–Kier alpha value is -5.19. The lowest BCUT2D eigenvalue weighted by atomic mass is 9.83. The third-order valence-corrected chi connectivity index (χ3v) is 6.47. The van der Waals surface area contributed by atoms with Crippen molar-refractivity contribution in [3.63, 3.8) is 0 Å². The zero-order chi connectivity index (χ0) is 29.0. The maximum absolute atomic E-state index is 15.6. The lowest BCUT2D eigenvalue weighted by Crippen LogP contribution is -2.35. The molecule has 0 spiro atoms. The molecule has 2 amide bonds. The summed E-state index contributed by atoms with van der Waals surface area (Å²) in [6, 6.07) is 13.5. The van der Waals surface area contributed by atoms with Gasteiger partial charge in [0.1, 0.15) is 23.1 Å². The summed E-state index contributed by atoms with van der Waals surface area (Å²) >= 11 is 0. The van der Waals surface area contributed by atoms with E-state index in [4.69, 9.17) is 5.73 Å². The Morgan fingerprint density at radius 3 is 2.55 bits per heavy atom. The van der Waals surface area contributed by atoms with Crippen LogP contribution in [0.1, 0.15) is 40.9 Å². The summed E-state index contributed by atoms with van der Waals surface area (Å²) in [4.78, 5) is 40.3. The Kier molecular flexibility index (Phi) is 7.85. The smallest absolute Gasteiger partial charge is 0.255 e. The Morgan fingerprint density at radius 2 is 1.85 bits per heavy atom. The number of anilines is 3. The van der Waals surface area contributed by atoms with Gasteiger partial charge in [-0.15, -0.1) is 0 Å². The number of nitrogens with two attached hydrogens (primary N) is 1. The lowest BCUT2D eigenvalue weighted by molar-refractivity contribution is -0.122. The number of hydrogen-bond acceptors (Lipinski definition) is 6. The van der Waals surface area contributed by atoms with Crippen molar-refractivity contribution in [3.8, 4) is 0 Å². The average Bonchev–Trinajstić information content (AvgIpc) is 3.42. The third-order valence-electron chi connectivity index (χ3n) is 6.47. The number of halogens is 2. The van der Waals surface area contributed by atoms with Crippen LogP contribution in [0.15, 0.2) is 77.0 Å². The van der Waals surface area contributed by atoms with Gasteiger partial charge < -0.3 is 21.4 Å². The molecule has 4 aromatic rings. The largest absolute Gasteiger partial charge is 0.369 e. The summed E-state index contributed by atoms with van der Waals surface area (Å²) in [5.74, 6) is -2.56. The van der Waals surface area contributed by atoms with E-state index in [1.807, 2.05) is 0 Å². The van der Waals surface area contributed by atoms with Crippen LogP contribution in [0.4, 0.5) is 31.8 Å². The van der Waals surface area contributed by atoms with Gasteiger partial charge in [-0.2, -0.15) is 0 Å². The minimum Gasteiger partial charge on any atom is -0.369 e. The molecular weight excluding hydrogens is 516 g/mol. The summed E-state index contributed by atoms with van der Waals surface area (Å²) in [6.45, 7) is 6.81.